The molecule has 0 spiro atoms. The first kappa shape index (κ1) is 13.0. The van der Waals surface area contributed by atoms with Crippen LogP contribution in [0.5, 0.6) is 0 Å². The number of aryl methyl sites for hydroxylation is 1. The van der Waals surface area contributed by atoms with Gasteiger partial charge in [-0.25, -0.2) is 4.98 Å². The summed E-state index contributed by atoms with van der Waals surface area (Å²) in [5.41, 5.74) is 3.67. The quantitative estimate of drug-likeness (QED) is 0.718. The Balaban J connectivity index is 2.12. The molecule has 0 amide bonds. The van der Waals surface area contributed by atoms with Crippen molar-refractivity contribution in [2.24, 2.45) is 5.92 Å². The van der Waals surface area contributed by atoms with Gasteiger partial charge in [0.1, 0.15) is 5.82 Å². The van der Waals surface area contributed by atoms with E-state index in [9.17, 15) is 0 Å². The first-order chi connectivity index (χ1) is 9.13. The second-order valence-electron chi connectivity index (χ2n) is 5.75. The molecule has 1 saturated carbocycles. The Kier molecular flexibility index (Phi) is 3.30. The first-order valence-corrected chi connectivity index (χ1v) is 7.68. The molecule has 0 radical (unpaired) electrons. The van der Waals surface area contributed by atoms with Gasteiger partial charge in [-0.15, -0.1) is 11.6 Å². The highest BCUT2D eigenvalue weighted by molar-refractivity contribution is 6.20. The largest absolute Gasteiger partial charge is 0.323 e. The smallest absolute Gasteiger partial charge is 0.127 e. The van der Waals surface area contributed by atoms with E-state index in [1.807, 2.05) is 6.92 Å². The summed E-state index contributed by atoms with van der Waals surface area (Å²) in [5, 5.41) is -0.0327. The normalized spacial score (nSPS) is 23.8. The van der Waals surface area contributed by atoms with Gasteiger partial charge in [0.15, 0.2) is 0 Å². The molecule has 1 aliphatic carbocycles. The van der Waals surface area contributed by atoms with Crippen LogP contribution in [0.2, 0.25) is 0 Å². The lowest BCUT2D eigenvalue weighted by molar-refractivity contribution is 0.597. The second-order valence-corrected chi connectivity index (χ2v) is 6.41. The molecule has 2 nitrogen and oxygen atoms in total. The van der Waals surface area contributed by atoms with Crippen LogP contribution in [0.3, 0.4) is 0 Å². The van der Waals surface area contributed by atoms with Crippen molar-refractivity contribution in [2.45, 2.75) is 51.5 Å². The number of benzene rings is 1. The van der Waals surface area contributed by atoms with Crippen LogP contribution in [-0.2, 0) is 0 Å². The zero-order chi connectivity index (χ0) is 13.6. The average molecular weight is 277 g/mol. The van der Waals surface area contributed by atoms with E-state index in [-0.39, 0.29) is 5.38 Å². The fourth-order valence-electron chi connectivity index (χ4n) is 3.18. The predicted octanol–water partition coefficient (Wildman–Crippen LogP) is 5.01. The number of fused-ring (bicyclic) bond motifs is 1. The van der Waals surface area contributed by atoms with Gasteiger partial charge < -0.3 is 4.57 Å². The van der Waals surface area contributed by atoms with Crippen LogP contribution in [0.15, 0.2) is 18.2 Å². The third-order valence-corrected chi connectivity index (χ3v) is 4.37. The number of aromatic nitrogens is 2. The fourth-order valence-corrected chi connectivity index (χ4v) is 3.34. The SMILES string of the molecule is CCCC1CC1n1c(C(C)Cl)nc2cccc(C)c21. The standard InChI is InChI=1S/C16H21ClN2/c1-4-6-12-9-14(12)19-15-10(2)7-5-8-13(15)18-16(19)11(3)17/h5,7-8,11-12,14H,4,6,9H2,1-3H3. The van der Waals surface area contributed by atoms with Crippen molar-refractivity contribution in [1.82, 2.24) is 9.55 Å². The molecule has 0 saturated heterocycles. The number of alkyl halides is 1. The third kappa shape index (κ3) is 2.16. The van der Waals surface area contributed by atoms with Gasteiger partial charge in [0.05, 0.1) is 16.4 Å². The highest BCUT2D eigenvalue weighted by Crippen LogP contribution is 2.49. The summed E-state index contributed by atoms with van der Waals surface area (Å²) in [6.45, 7) is 6.45. The van der Waals surface area contributed by atoms with E-state index in [1.165, 1.54) is 30.3 Å². The number of hydrogen-bond acceptors (Lipinski definition) is 1. The number of hydrogen-bond donors (Lipinski definition) is 0. The van der Waals surface area contributed by atoms with E-state index in [1.54, 1.807) is 0 Å². The van der Waals surface area contributed by atoms with Crippen molar-refractivity contribution in [3.63, 3.8) is 0 Å². The number of halogens is 1. The summed E-state index contributed by atoms with van der Waals surface area (Å²) < 4.78 is 2.42. The Morgan fingerprint density at radius 1 is 1.47 bits per heavy atom. The van der Waals surface area contributed by atoms with Crippen molar-refractivity contribution in [3.05, 3.63) is 29.6 Å². The summed E-state index contributed by atoms with van der Waals surface area (Å²) >= 11 is 6.35. The van der Waals surface area contributed by atoms with Gasteiger partial charge in [-0.1, -0.05) is 25.5 Å². The Hall–Kier alpha value is -1.02. The topological polar surface area (TPSA) is 17.8 Å². The molecule has 3 unspecified atom stereocenters. The molecule has 1 fully saturated rings. The molecule has 0 aliphatic heterocycles. The zero-order valence-electron chi connectivity index (χ0n) is 11.9. The van der Waals surface area contributed by atoms with Crippen molar-refractivity contribution in [2.75, 3.05) is 0 Å². The van der Waals surface area contributed by atoms with Crippen molar-refractivity contribution in [3.8, 4) is 0 Å². The Bertz CT molecular complexity index is 600. The van der Waals surface area contributed by atoms with Gasteiger partial charge in [0.25, 0.3) is 0 Å². The maximum Gasteiger partial charge on any atom is 0.127 e. The Labute approximate surface area is 119 Å². The number of rotatable bonds is 4. The number of para-hydroxylation sites is 1. The minimum Gasteiger partial charge on any atom is -0.323 e. The van der Waals surface area contributed by atoms with Crippen molar-refractivity contribution in [1.29, 1.82) is 0 Å². The van der Waals surface area contributed by atoms with Crippen LogP contribution in [0.1, 0.15) is 55.9 Å². The minimum atomic E-state index is -0.0327. The van der Waals surface area contributed by atoms with E-state index in [0.29, 0.717) is 6.04 Å². The van der Waals surface area contributed by atoms with Crippen LogP contribution < -0.4 is 0 Å². The zero-order valence-corrected chi connectivity index (χ0v) is 12.6. The van der Waals surface area contributed by atoms with E-state index >= 15 is 0 Å². The molecule has 1 heterocycles. The first-order valence-electron chi connectivity index (χ1n) is 7.25. The molecular formula is C16H21ClN2. The van der Waals surface area contributed by atoms with Crippen molar-refractivity contribution >= 4 is 22.6 Å². The third-order valence-electron chi connectivity index (χ3n) is 4.17. The highest BCUT2D eigenvalue weighted by atomic mass is 35.5. The maximum atomic E-state index is 6.35. The monoisotopic (exact) mass is 276 g/mol. The van der Waals surface area contributed by atoms with Gasteiger partial charge >= 0.3 is 0 Å². The van der Waals surface area contributed by atoms with Crippen LogP contribution in [0, 0.1) is 12.8 Å². The summed E-state index contributed by atoms with van der Waals surface area (Å²) in [4.78, 5) is 4.76. The molecule has 19 heavy (non-hydrogen) atoms. The van der Waals surface area contributed by atoms with Crippen LogP contribution in [0.4, 0.5) is 0 Å². The summed E-state index contributed by atoms with van der Waals surface area (Å²) in [6.07, 6.45) is 3.86. The summed E-state index contributed by atoms with van der Waals surface area (Å²) in [6, 6.07) is 6.95. The van der Waals surface area contributed by atoms with Gasteiger partial charge in [-0.3, -0.25) is 0 Å². The van der Waals surface area contributed by atoms with Crippen LogP contribution >= 0.6 is 11.6 Å². The fraction of sp³-hybridized carbons (Fsp3) is 0.562. The maximum absolute atomic E-state index is 6.35. The molecule has 1 aromatic heterocycles. The molecule has 102 valence electrons. The minimum absolute atomic E-state index is 0.0327. The lowest BCUT2D eigenvalue weighted by Crippen LogP contribution is -2.04. The average Bonchev–Trinajstić information content (AvgIpc) is 3.00. The molecule has 3 heteroatoms. The Morgan fingerprint density at radius 3 is 2.95 bits per heavy atom. The van der Waals surface area contributed by atoms with Gasteiger partial charge in [0.2, 0.25) is 0 Å². The molecule has 2 aromatic rings. The van der Waals surface area contributed by atoms with Crippen molar-refractivity contribution < 1.29 is 0 Å². The summed E-state index contributed by atoms with van der Waals surface area (Å²) in [7, 11) is 0. The Morgan fingerprint density at radius 2 is 2.26 bits per heavy atom. The molecule has 0 N–H and O–H groups in total. The van der Waals surface area contributed by atoms with Gasteiger partial charge in [-0.05, 0) is 44.2 Å². The molecule has 1 aromatic carbocycles. The van der Waals surface area contributed by atoms with Gasteiger partial charge in [0, 0.05) is 6.04 Å². The van der Waals surface area contributed by atoms with E-state index < -0.39 is 0 Å². The molecule has 3 atom stereocenters. The van der Waals surface area contributed by atoms with E-state index in [0.717, 1.165) is 17.3 Å². The van der Waals surface area contributed by atoms with E-state index in [4.69, 9.17) is 16.6 Å². The second kappa shape index (κ2) is 4.82. The highest BCUT2D eigenvalue weighted by Gasteiger charge is 2.40. The van der Waals surface area contributed by atoms with Gasteiger partial charge in [-0.2, -0.15) is 0 Å². The molecule has 3 rings (SSSR count). The van der Waals surface area contributed by atoms with E-state index in [2.05, 4.69) is 36.6 Å². The molecular weight excluding hydrogens is 256 g/mol. The number of imidazole rings is 1. The lowest BCUT2D eigenvalue weighted by Gasteiger charge is -2.11. The van der Waals surface area contributed by atoms with Crippen LogP contribution in [0.25, 0.3) is 11.0 Å². The molecule has 1 aliphatic rings. The number of nitrogens with zero attached hydrogens (tertiary/aromatic N) is 2. The summed E-state index contributed by atoms with van der Waals surface area (Å²) in [5.74, 6) is 1.85. The lowest BCUT2D eigenvalue weighted by atomic mass is 10.2. The molecule has 0 bridgehead atoms. The predicted molar refractivity (Wildman–Crippen MR) is 80.8 cm³/mol. The van der Waals surface area contributed by atoms with Crippen LogP contribution in [-0.4, -0.2) is 9.55 Å².